The third kappa shape index (κ3) is 4.05. The molecule has 4 nitrogen and oxygen atoms in total. The second-order valence-electron chi connectivity index (χ2n) is 5.72. The van der Waals surface area contributed by atoms with Gasteiger partial charge in [-0.05, 0) is 30.2 Å². The highest BCUT2D eigenvalue weighted by Crippen LogP contribution is 2.33. The van der Waals surface area contributed by atoms with Crippen molar-refractivity contribution in [3.63, 3.8) is 0 Å². The van der Waals surface area contributed by atoms with E-state index in [1.807, 2.05) is 24.3 Å². The molecule has 2 rings (SSSR count). The summed E-state index contributed by atoms with van der Waals surface area (Å²) in [7, 11) is -3.21. The normalized spacial score (nSPS) is 23.6. The molecule has 0 saturated carbocycles. The van der Waals surface area contributed by atoms with Gasteiger partial charge in [-0.15, -0.1) is 0 Å². The van der Waals surface area contributed by atoms with Crippen LogP contribution in [0.25, 0.3) is 0 Å². The van der Waals surface area contributed by atoms with E-state index in [1.54, 1.807) is 4.31 Å². The Labute approximate surface area is 127 Å². The summed E-state index contributed by atoms with van der Waals surface area (Å²) in [5, 5.41) is 8.52. The molecule has 1 aliphatic rings. The SMILES string of the molecule is C[C@@H]1CN(S(=O)(=O)CCCC#N)CC[C@H]1c1ccccc1. The summed E-state index contributed by atoms with van der Waals surface area (Å²) in [4.78, 5) is 0. The molecule has 5 heteroatoms. The lowest BCUT2D eigenvalue weighted by Crippen LogP contribution is -2.43. The maximum atomic E-state index is 12.3. The molecular weight excluding hydrogens is 284 g/mol. The summed E-state index contributed by atoms with van der Waals surface area (Å²) in [6.07, 6.45) is 1.59. The van der Waals surface area contributed by atoms with Gasteiger partial charge in [-0.1, -0.05) is 37.3 Å². The molecule has 1 saturated heterocycles. The highest BCUT2D eigenvalue weighted by molar-refractivity contribution is 7.89. The van der Waals surface area contributed by atoms with Crippen LogP contribution in [0.3, 0.4) is 0 Å². The first-order valence-corrected chi connectivity index (χ1v) is 9.05. The average molecular weight is 306 g/mol. The summed E-state index contributed by atoms with van der Waals surface area (Å²) in [6, 6.07) is 12.3. The predicted molar refractivity (Wildman–Crippen MR) is 83.2 cm³/mol. The number of nitrogens with zero attached hydrogens (tertiary/aromatic N) is 2. The van der Waals surface area contributed by atoms with E-state index in [9.17, 15) is 8.42 Å². The van der Waals surface area contributed by atoms with Crippen molar-refractivity contribution in [1.29, 1.82) is 5.26 Å². The Hall–Kier alpha value is -1.38. The Morgan fingerprint density at radius 3 is 2.67 bits per heavy atom. The summed E-state index contributed by atoms with van der Waals surface area (Å²) >= 11 is 0. The van der Waals surface area contributed by atoms with Crippen LogP contribution in [0, 0.1) is 17.2 Å². The topological polar surface area (TPSA) is 61.2 Å². The van der Waals surface area contributed by atoms with Crippen LogP contribution < -0.4 is 0 Å². The molecule has 1 aliphatic heterocycles. The molecule has 0 bridgehead atoms. The van der Waals surface area contributed by atoms with Crippen LogP contribution in [-0.4, -0.2) is 31.6 Å². The first kappa shape index (κ1) is 16.0. The number of nitriles is 1. The molecule has 2 atom stereocenters. The number of rotatable bonds is 5. The zero-order valence-corrected chi connectivity index (χ0v) is 13.2. The molecule has 1 aromatic carbocycles. The summed E-state index contributed by atoms with van der Waals surface area (Å²) in [5.74, 6) is 0.826. The lowest BCUT2D eigenvalue weighted by atomic mass is 9.82. The first-order valence-electron chi connectivity index (χ1n) is 7.44. The van der Waals surface area contributed by atoms with Crippen molar-refractivity contribution >= 4 is 10.0 Å². The van der Waals surface area contributed by atoms with Crippen molar-refractivity contribution in [2.45, 2.75) is 32.1 Å². The van der Waals surface area contributed by atoms with E-state index in [2.05, 4.69) is 19.1 Å². The summed E-state index contributed by atoms with van der Waals surface area (Å²) in [5.41, 5.74) is 1.30. The van der Waals surface area contributed by atoms with Gasteiger partial charge in [-0.2, -0.15) is 5.26 Å². The van der Waals surface area contributed by atoms with E-state index in [-0.39, 0.29) is 5.75 Å². The van der Waals surface area contributed by atoms with Crippen molar-refractivity contribution in [3.8, 4) is 6.07 Å². The van der Waals surface area contributed by atoms with E-state index in [4.69, 9.17) is 5.26 Å². The van der Waals surface area contributed by atoms with Gasteiger partial charge in [0, 0.05) is 19.5 Å². The van der Waals surface area contributed by atoms with Gasteiger partial charge in [0.15, 0.2) is 0 Å². The predicted octanol–water partition coefficient (Wildman–Crippen LogP) is 2.75. The van der Waals surface area contributed by atoms with Crippen LogP contribution in [0.15, 0.2) is 30.3 Å². The zero-order valence-electron chi connectivity index (χ0n) is 12.4. The van der Waals surface area contributed by atoms with Crippen LogP contribution in [-0.2, 0) is 10.0 Å². The second kappa shape index (κ2) is 7.06. The average Bonchev–Trinajstić information content (AvgIpc) is 2.48. The molecule has 0 aliphatic carbocycles. The van der Waals surface area contributed by atoms with Crippen LogP contribution >= 0.6 is 0 Å². The van der Waals surface area contributed by atoms with E-state index in [0.29, 0.717) is 37.8 Å². The van der Waals surface area contributed by atoms with Crippen molar-refractivity contribution in [1.82, 2.24) is 4.31 Å². The number of benzene rings is 1. The highest BCUT2D eigenvalue weighted by Gasteiger charge is 2.32. The number of sulfonamides is 1. The van der Waals surface area contributed by atoms with Gasteiger partial charge < -0.3 is 0 Å². The monoisotopic (exact) mass is 306 g/mol. The molecule has 21 heavy (non-hydrogen) atoms. The maximum absolute atomic E-state index is 12.3. The number of unbranched alkanes of at least 4 members (excludes halogenated alkanes) is 1. The van der Waals surface area contributed by atoms with Gasteiger partial charge in [0.2, 0.25) is 10.0 Å². The molecule has 0 amide bonds. The largest absolute Gasteiger partial charge is 0.214 e. The molecule has 1 heterocycles. The van der Waals surface area contributed by atoms with E-state index in [1.165, 1.54) is 5.56 Å². The lowest BCUT2D eigenvalue weighted by Gasteiger charge is -2.36. The standard InChI is InChI=1S/C16H22N2O2S/c1-14-13-18(21(19,20)12-6-5-10-17)11-9-16(14)15-7-3-2-4-8-15/h2-4,7-8,14,16H,5-6,9,11-13H2,1H3/t14-,16-/m1/s1. The lowest BCUT2D eigenvalue weighted by molar-refractivity contribution is 0.248. The highest BCUT2D eigenvalue weighted by atomic mass is 32.2. The summed E-state index contributed by atoms with van der Waals surface area (Å²) in [6.45, 7) is 3.28. The van der Waals surface area contributed by atoms with Gasteiger partial charge >= 0.3 is 0 Å². The molecule has 0 spiro atoms. The second-order valence-corrected chi connectivity index (χ2v) is 7.81. The summed E-state index contributed by atoms with van der Waals surface area (Å²) < 4.78 is 26.1. The van der Waals surface area contributed by atoms with Gasteiger partial charge in [0.25, 0.3) is 0 Å². The fourth-order valence-corrected chi connectivity index (χ4v) is 4.63. The van der Waals surface area contributed by atoms with Crippen LogP contribution in [0.1, 0.15) is 37.7 Å². The fourth-order valence-electron chi connectivity index (χ4n) is 3.02. The van der Waals surface area contributed by atoms with E-state index < -0.39 is 10.0 Å². The Morgan fingerprint density at radius 1 is 1.33 bits per heavy atom. The van der Waals surface area contributed by atoms with Crippen molar-refractivity contribution < 1.29 is 8.42 Å². The molecule has 1 aromatic rings. The van der Waals surface area contributed by atoms with Crippen molar-refractivity contribution in [2.75, 3.05) is 18.8 Å². The van der Waals surface area contributed by atoms with Gasteiger partial charge in [0.1, 0.15) is 0 Å². The van der Waals surface area contributed by atoms with Crippen molar-refractivity contribution in [2.24, 2.45) is 5.92 Å². The quantitative estimate of drug-likeness (QED) is 0.786. The Balaban J connectivity index is 1.99. The number of hydrogen-bond donors (Lipinski definition) is 0. The van der Waals surface area contributed by atoms with E-state index in [0.717, 1.165) is 6.42 Å². The first-order chi connectivity index (χ1) is 10.0. The molecule has 0 unspecified atom stereocenters. The third-order valence-corrected chi connectivity index (χ3v) is 6.10. The molecule has 114 valence electrons. The Kier molecular flexibility index (Phi) is 5.38. The maximum Gasteiger partial charge on any atom is 0.214 e. The van der Waals surface area contributed by atoms with Crippen LogP contribution in [0.5, 0.6) is 0 Å². The fraction of sp³-hybridized carbons (Fsp3) is 0.562. The van der Waals surface area contributed by atoms with Crippen molar-refractivity contribution in [3.05, 3.63) is 35.9 Å². The Morgan fingerprint density at radius 2 is 2.05 bits per heavy atom. The molecule has 0 aromatic heterocycles. The minimum absolute atomic E-state index is 0.0866. The molecular formula is C16H22N2O2S. The van der Waals surface area contributed by atoms with Gasteiger partial charge in [-0.25, -0.2) is 12.7 Å². The minimum atomic E-state index is -3.21. The molecule has 1 fully saturated rings. The molecule has 0 N–H and O–H groups in total. The van der Waals surface area contributed by atoms with E-state index >= 15 is 0 Å². The number of hydrogen-bond acceptors (Lipinski definition) is 3. The minimum Gasteiger partial charge on any atom is -0.212 e. The van der Waals surface area contributed by atoms with Crippen LogP contribution in [0.2, 0.25) is 0 Å². The number of piperidine rings is 1. The van der Waals surface area contributed by atoms with Gasteiger partial charge in [-0.3, -0.25) is 0 Å². The zero-order chi connectivity index (χ0) is 15.3. The third-order valence-electron chi connectivity index (χ3n) is 4.18. The Bertz CT molecular complexity index is 592. The molecule has 0 radical (unpaired) electrons. The smallest absolute Gasteiger partial charge is 0.212 e. The van der Waals surface area contributed by atoms with Gasteiger partial charge in [0.05, 0.1) is 11.8 Å². The van der Waals surface area contributed by atoms with Crippen LogP contribution in [0.4, 0.5) is 0 Å².